The molecule has 1 saturated heterocycles. The minimum Gasteiger partial charge on any atom is -0.372 e. The Morgan fingerprint density at radius 3 is 2.40 bits per heavy atom. The fourth-order valence-corrected chi connectivity index (χ4v) is 4.36. The van der Waals surface area contributed by atoms with E-state index in [2.05, 4.69) is 33.9 Å². The molecule has 0 unspecified atom stereocenters. The first kappa shape index (κ1) is 18.0. The maximum absolute atomic E-state index is 12.3. The van der Waals surface area contributed by atoms with Crippen molar-refractivity contribution in [2.75, 3.05) is 24.5 Å². The molecule has 0 spiro atoms. The Bertz CT molecular complexity index is 795. The number of aryl methyl sites for hydroxylation is 1. The van der Waals surface area contributed by atoms with Crippen LogP contribution < -0.4 is 9.62 Å². The van der Waals surface area contributed by atoms with E-state index < -0.39 is 10.0 Å². The van der Waals surface area contributed by atoms with Gasteiger partial charge in [0.05, 0.1) is 4.90 Å². The van der Waals surface area contributed by atoms with Crippen LogP contribution in [0.5, 0.6) is 0 Å². The normalized spacial score (nSPS) is 15.3. The second kappa shape index (κ2) is 8.02. The van der Waals surface area contributed by atoms with Gasteiger partial charge in [0.25, 0.3) is 0 Å². The Kier molecular flexibility index (Phi) is 5.76. The van der Waals surface area contributed by atoms with E-state index >= 15 is 0 Å². The molecule has 0 aromatic heterocycles. The van der Waals surface area contributed by atoms with E-state index in [0.717, 1.165) is 24.2 Å². The van der Waals surface area contributed by atoms with Gasteiger partial charge >= 0.3 is 0 Å². The predicted octanol–water partition coefficient (Wildman–Crippen LogP) is 3.51. The average Bonchev–Trinajstić information content (AvgIpc) is 2.63. The fraction of sp³-hybridized carbons (Fsp3) is 0.400. The molecular formula is C20H26N2O2S. The van der Waals surface area contributed by atoms with Gasteiger partial charge in [-0.2, -0.15) is 0 Å². The van der Waals surface area contributed by atoms with Crippen molar-refractivity contribution in [3.8, 4) is 0 Å². The highest BCUT2D eigenvalue weighted by Gasteiger charge is 2.13. The summed E-state index contributed by atoms with van der Waals surface area (Å²) in [6.07, 6.45) is 4.55. The summed E-state index contributed by atoms with van der Waals surface area (Å²) in [6.45, 7) is 4.56. The molecule has 2 aromatic rings. The Balaban J connectivity index is 1.55. The molecule has 5 heteroatoms. The summed E-state index contributed by atoms with van der Waals surface area (Å²) in [7, 11) is -3.44. The van der Waals surface area contributed by atoms with Crippen LogP contribution in [0.4, 0.5) is 5.69 Å². The summed E-state index contributed by atoms with van der Waals surface area (Å²) in [5.74, 6) is 0. The summed E-state index contributed by atoms with van der Waals surface area (Å²) in [5, 5.41) is 0. The lowest BCUT2D eigenvalue weighted by atomic mass is 10.1. The minimum absolute atomic E-state index is 0.327. The second-order valence-electron chi connectivity index (χ2n) is 6.68. The van der Waals surface area contributed by atoms with Crippen LogP contribution in [0.25, 0.3) is 0 Å². The number of benzene rings is 2. The Hall–Kier alpha value is -1.85. The fourth-order valence-electron chi connectivity index (χ4n) is 3.22. The van der Waals surface area contributed by atoms with Gasteiger partial charge in [-0.25, -0.2) is 13.1 Å². The van der Waals surface area contributed by atoms with Gasteiger partial charge < -0.3 is 4.90 Å². The first-order valence-corrected chi connectivity index (χ1v) is 10.4. The van der Waals surface area contributed by atoms with Gasteiger partial charge in [-0.1, -0.05) is 24.3 Å². The van der Waals surface area contributed by atoms with Crippen molar-refractivity contribution in [1.29, 1.82) is 0 Å². The molecule has 134 valence electrons. The van der Waals surface area contributed by atoms with Gasteiger partial charge in [0.1, 0.15) is 0 Å². The number of sulfonamides is 1. The number of piperidine rings is 1. The van der Waals surface area contributed by atoms with E-state index in [9.17, 15) is 8.42 Å². The van der Waals surface area contributed by atoms with Crippen molar-refractivity contribution in [3.63, 3.8) is 0 Å². The van der Waals surface area contributed by atoms with Crippen molar-refractivity contribution in [2.45, 2.75) is 37.5 Å². The van der Waals surface area contributed by atoms with Crippen LogP contribution in [-0.2, 0) is 16.4 Å². The molecule has 1 heterocycles. The van der Waals surface area contributed by atoms with Crippen LogP contribution in [0.1, 0.15) is 30.4 Å². The van der Waals surface area contributed by atoms with E-state index in [1.807, 2.05) is 13.0 Å². The lowest BCUT2D eigenvalue weighted by Gasteiger charge is -2.28. The van der Waals surface area contributed by atoms with Crippen LogP contribution >= 0.6 is 0 Å². The van der Waals surface area contributed by atoms with Crippen LogP contribution in [0, 0.1) is 6.92 Å². The summed E-state index contributed by atoms with van der Waals surface area (Å²) in [5.41, 5.74) is 3.35. The summed E-state index contributed by atoms with van der Waals surface area (Å²) in [6, 6.07) is 15.5. The van der Waals surface area contributed by atoms with E-state index in [1.165, 1.54) is 24.9 Å². The Morgan fingerprint density at radius 2 is 1.72 bits per heavy atom. The van der Waals surface area contributed by atoms with Crippen molar-refractivity contribution < 1.29 is 8.42 Å². The highest BCUT2D eigenvalue weighted by Crippen LogP contribution is 2.20. The number of nitrogens with one attached hydrogen (secondary N) is 1. The van der Waals surface area contributed by atoms with E-state index in [4.69, 9.17) is 0 Å². The molecule has 3 rings (SSSR count). The summed E-state index contributed by atoms with van der Waals surface area (Å²) >= 11 is 0. The molecule has 0 aliphatic carbocycles. The monoisotopic (exact) mass is 358 g/mol. The van der Waals surface area contributed by atoms with E-state index in [-0.39, 0.29) is 0 Å². The first-order valence-electron chi connectivity index (χ1n) is 8.95. The zero-order chi connectivity index (χ0) is 17.7. The summed E-state index contributed by atoms with van der Waals surface area (Å²) in [4.78, 5) is 2.75. The van der Waals surface area contributed by atoms with E-state index in [0.29, 0.717) is 17.9 Å². The van der Waals surface area contributed by atoms with Gasteiger partial charge in [0.15, 0.2) is 0 Å². The topological polar surface area (TPSA) is 49.4 Å². The number of rotatable bonds is 6. The molecule has 4 nitrogen and oxygen atoms in total. The molecule has 0 atom stereocenters. The third-order valence-electron chi connectivity index (χ3n) is 4.66. The number of anilines is 1. The molecule has 1 aliphatic rings. The number of hydrogen-bond donors (Lipinski definition) is 1. The van der Waals surface area contributed by atoms with Crippen molar-refractivity contribution in [3.05, 3.63) is 59.7 Å². The highest BCUT2D eigenvalue weighted by atomic mass is 32.2. The van der Waals surface area contributed by atoms with Crippen LogP contribution in [0.3, 0.4) is 0 Å². The smallest absolute Gasteiger partial charge is 0.240 e. The molecule has 1 aliphatic heterocycles. The third kappa shape index (κ3) is 4.83. The highest BCUT2D eigenvalue weighted by molar-refractivity contribution is 7.89. The molecule has 25 heavy (non-hydrogen) atoms. The SMILES string of the molecule is Cc1cccc(S(=O)(=O)NCCc2ccc(N3CCCCC3)cc2)c1. The second-order valence-corrected chi connectivity index (χ2v) is 8.45. The standard InChI is InChI=1S/C20H26N2O2S/c1-17-6-5-7-20(16-17)25(23,24)21-13-12-18-8-10-19(11-9-18)22-14-3-2-4-15-22/h5-11,16,21H,2-4,12-15H2,1H3. The lowest BCUT2D eigenvalue weighted by Crippen LogP contribution is -2.29. The van der Waals surface area contributed by atoms with Crippen LogP contribution in [-0.4, -0.2) is 28.1 Å². The average molecular weight is 359 g/mol. The third-order valence-corrected chi connectivity index (χ3v) is 6.12. The molecular weight excluding hydrogens is 332 g/mol. The number of nitrogens with zero attached hydrogens (tertiary/aromatic N) is 1. The van der Waals surface area contributed by atoms with Crippen molar-refractivity contribution in [1.82, 2.24) is 4.72 Å². The van der Waals surface area contributed by atoms with Crippen molar-refractivity contribution >= 4 is 15.7 Å². The van der Waals surface area contributed by atoms with Gasteiger partial charge in [-0.05, 0) is 68.0 Å². The molecule has 2 aromatic carbocycles. The number of hydrogen-bond acceptors (Lipinski definition) is 3. The maximum atomic E-state index is 12.3. The molecule has 1 fully saturated rings. The predicted molar refractivity (Wildman–Crippen MR) is 103 cm³/mol. The molecule has 0 saturated carbocycles. The first-order chi connectivity index (χ1) is 12.0. The zero-order valence-corrected chi connectivity index (χ0v) is 15.6. The van der Waals surface area contributed by atoms with Gasteiger partial charge in [-0.15, -0.1) is 0 Å². The van der Waals surface area contributed by atoms with E-state index in [1.54, 1.807) is 18.2 Å². The van der Waals surface area contributed by atoms with Gasteiger partial charge in [-0.3, -0.25) is 0 Å². The quantitative estimate of drug-likeness (QED) is 0.860. The molecule has 0 radical (unpaired) electrons. The minimum atomic E-state index is -3.44. The van der Waals surface area contributed by atoms with Crippen LogP contribution in [0.15, 0.2) is 53.4 Å². The molecule has 0 amide bonds. The molecule has 1 N–H and O–H groups in total. The van der Waals surface area contributed by atoms with Crippen LogP contribution in [0.2, 0.25) is 0 Å². The maximum Gasteiger partial charge on any atom is 0.240 e. The lowest BCUT2D eigenvalue weighted by molar-refractivity contribution is 0.577. The zero-order valence-electron chi connectivity index (χ0n) is 14.7. The molecule has 0 bridgehead atoms. The Morgan fingerprint density at radius 1 is 1.00 bits per heavy atom. The van der Waals surface area contributed by atoms with Gasteiger partial charge in [0, 0.05) is 25.3 Å². The summed E-state index contributed by atoms with van der Waals surface area (Å²) < 4.78 is 27.3. The van der Waals surface area contributed by atoms with Gasteiger partial charge in [0.2, 0.25) is 10.0 Å². The largest absolute Gasteiger partial charge is 0.372 e. The Labute approximate surface area is 150 Å². The van der Waals surface area contributed by atoms with Crippen molar-refractivity contribution in [2.24, 2.45) is 0 Å².